The molecule has 0 saturated carbocycles. The van der Waals surface area contributed by atoms with Gasteiger partial charge in [-0.25, -0.2) is 4.79 Å². The lowest BCUT2D eigenvalue weighted by Gasteiger charge is -2.13. The van der Waals surface area contributed by atoms with Crippen LogP contribution in [0.1, 0.15) is 21.5 Å². The van der Waals surface area contributed by atoms with Gasteiger partial charge >= 0.3 is 12.1 Å². The van der Waals surface area contributed by atoms with Gasteiger partial charge in [0.1, 0.15) is 0 Å². The minimum Gasteiger partial charge on any atom is -0.478 e. The van der Waals surface area contributed by atoms with Crippen molar-refractivity contribution in [2.45, 2.75) is 13.1 Å². The van der Waals surface area contributed by atoms with Gasteiger partial charge in [-0.05, 0) is 19.1 Å². The quantitative estimate of drug-likeness (QED) is 0.850. The number of alkyl halides is 3. The molecule has 1 aromatic carbocycles. The molecule has 6 heteroatoms. The zero-order valence-electron chi connectivity index (χ0n) is 9.25. The van der Waals surface area contributed by atoms with Crippen LogP contribution in [0.4, 0.5) is 13.2 Å². The van der Waals surface area contributed by atoms with Gasteiger partial charge in [0.25, 0.3) is 0 Å². The van der Waals surface area contributed by atoms with Gasteiger partial charge < -0.3 is 5.11 Å². The smallest absolute Gasteiger partial charge is 0.417 e. The molecule has 0 atom stereocenters. The second-order valence-corrected chi connectivity index (χ2v) is 3.87. The van der Waals surface area contributed by atoms with E-state index >= 15 is 0 Å². The van der Waals surface area contributed by atoms with E-state index in [9.17, 15) is 18.0 Å². The van der Waals surface area contributed by atoms with E-state index in [0.717, 1.165) is 6.20 Å². The van der Waals surface area contributed by atoms with Crippen LogP contribution in [0.25, 0.3) is 10.9 Å². The molecule has 0 unspecified atom stereocenters. The summed E-state index contributed by atoms with van der Waals surface area (Å²) < 4.78 is 38.9. The highest BCUT2D eigenvalue weighted by atomic mass is 19.4. The zero-order valence-corrected chi connectivity index (χ0v) is 9.25. The number of rotatable bonds is 1. The second kappa shape index (κ2) is 3.97. The summed E-state index contributed by atoms with van der Waals surface area (Å²) in [5, 5.41) is 8.63. The van der Waals surface area contributed by atoms with E-state index in [-0.39, 0.29) is 10.9 Å². The van der Waals surface area contributed by atoms with Crippen molar-refractivity contribution in [1.29, 1.82) is 0 Å². The van der Waals surface area contributed by atoms with Crippen molar-refractivity contribution in [3.63, 3.8) is 0 Å². The normalized spacial score (nSPS) is 11.8. The standard InChI is InChI=1S/C12H8F3NO2/c1-6-2-3-9-7(4-6)10(12(13,14)15)8(5-16-9)11(17)18/h2-5H,1H3,(H,17,18). The number of hydrogen-bond donors (Lipinski definition) is 1. The maximum absolute atomic E-state index is 13.0. The van der Waals surface area contributed by atoms with Gasteiger partial charge in [0.2, 0.25) is 0 Å². The molecule has 2 rings (SSSR count). The Morgan fingerprint density at radius 3 is 2.56 bits per heavy atom. The predicted octanol–water partition coefficient (Wildman–Crippen LogP) is 3.26. The Labute approximate surface area is 99.9 Å². The third-order valence-electron chi connectivity index (χ3n) is 2.54. The van der Waals surface area contributed by atoms with E-state index in [4.69, 9.17) is 5.11 Å². The fourth-order valence-electron chi connectivity index (χ4n) is 1.77. The first-order chi connectivity index (χ1) is 8.30. The Morgan fingerprint density at radius 1 is 1.33 bits per heavy atom. The number of hydrogen-bond acceptors (Lipinski definition) is 2. The summed E-state index contributed by atoms with van der Waals surface area (Å²) in [6.45, 7) is 1.63. The SMILES string of the molecule is Cc1ccc2ncc(C(=O)O)c(C(F)(F)F)c2c1. The van der Waals surface area contributed by atoms with Crippen molar-refractivity contribution < 1.29 is 23.1 Å². The second-order valence-electron chi connectivity index (χ2n) is 3.87. The number of pyridine rings is 1. The average Bonchev–Trinajstić information content (AvgIpc) is 2.25. The summed E-state index contributed by atoms with van der Waals surface area (Å²) in [6, 6.07) is 4.35. The van der Waals surface area contributed by atoms with Crippen molar-refractivity contribution in [2.24, 2.45) is 0 Å². The number of carboxylic acid groups (broad SMARTS) is 1. The highest BCUT2D eigenvalue weighted by Gasteiger charge is 2.37. The molecule has 0 radical (unpaired) electrons. The van der Waals surface area contributed by atoms with Gasteiger partial charge in [-0.3, -0.25) is 4.98 Å². The molecule has 3 nitrogen and oxygen atoms in total. The van der Waals surface area contributed by atoms with Gasteiger partial charge in [-0.1, -0.05) is 11.6 Å². The molecule has 0 aliphatic rings. The average molecular weight is 255 g/mol. The summed E-state index contributed by atoms with van der Waals surface area (Å²) >= 11 is 0. The summed E-state index contributed by atoms with van der Waals surface area (Å²) in [4.78, 5) is 14.6. The minimum atomic E-state index is -4.73. The van der Waals surface area contributed by atoms with Crippen LogP contribution in [0.5, 0.6) is 0 Å². The van der Waals surface area contributed by atoms with Gasteiger partial charge in [0.15, 0.2) is 0 Å². The third-order valence-corrected chi connectivity index (χ3v) is 2.54. The highest BCUT2D eigenvalue weighted by Crippen LogP contribution is 2.37. The number of halogens is 3. The third kappa shape index (κ3) is 2.01. The summed E-state index contributed by atoms with van der Waals surface area (Å²) in [6.07, 6.45) is -3.99. The van der Waals surface area contributed by atoms with E-state index < -0.39 is 23.3 Å². The van der Waals surface area contributed by atoms with Crippen LogP contribution < -0.4 is 0 Å². The first-order valence-electron chi connectivity index (χ1n) is 5.00. The maximum atomic E-state index is 13.0. The fourth-order valence-corrected chi connectivity index (χ4v) is 1.77. The largest absolute Gasteiger partial charge is 0.478 e. The summed E-state index contributed by atoms with van der Waals surface area (Å²) in [5.41, 5.74) is -1.25. The molecule has 18 heavy (non-hydrogen) atoms. The first kappa shape index (κ1) is 12.3. The van der Waals surface area contributed by atoms with Gasteiger partial charge in [0.05, 0.1) is 16.6 Å². The molecule has 0 spiro atoms. The van der Waals surface area contributed by atoms with E-state index in [1.54, 1.807) is 13.0 Å². The summed E-state index contributed by atoms with van der Waals surface area (Å²) in [5.74, 6) is -1.64. The molecule has 0 saturated heterocycles. The summed E-state index contributed by atoms with van der Waals surface area (Å²) in [7, 11) is 0. The molecule has 94 valence electrons. The zero-order chi connectivity index (χ0) is 13.5. The van der Waals surface area contributed by atoms with Gasteiger partial charge in [-0.2, -0.15) is 13.2 Å². The fraction of sp³-hybridized carbons (Fsp3) is 0.167. The molecular weight excluding hydrogens is 247 g/mol. The molecule has 0 fully saturated rings. The van der Waals surface area contributed by atoms with Gasteiger partial charge in [-0.15, -0.1) is 0 Å². The highest BCUT2D eigenvalue weighted by molar-refractivity contribution is 5.96. The Kier molecular flexibility index (Phi) is 2.73. The van der Waals surface area contributed by atoms with Gasteiger partial charge in [0, 0.05) is 11.6 Å². The molecule has 0 amide bonds. The topological polar surface area (TPSA) is 50.2 Å². The van der Waals surface area contributed by atoms with Crippen LogP contribution in [0.15, 0.2) is 24.4 Å². The van der Waals surface area contributed by atoms with Crippen LogP contribution in [-0.2, 0) is 6.18 Å². The lowest BCUT2D eigenvalue weighted by atomic mass is 10.0. The van der Waals surface area contributed by atoms with Crippen molar-refractivity contribution >= 4 is 16.9 Å². The molecule has 0 aliphatic carbocycles. The van der Waals surface area contributed by atoms with E-state index in [0.29, 0.717) is 5.56 Å². The Hall–Kier alpha value is -2.11. The number of carboxylic acids is 1. The predicted molar refractivity (Wildman–Crippen MR) is 58.4 cm³/mol. The molecule has 1 N–H and O–H groups in total. The van der Waals surface area contributed by atoms with Crippen LogP contribution in [0.3, 0.4) is 0 Å². The van der Waals surface area contributed by atoms with Crippen LogP contribution in [-0.4, -0.2) is 16.1 Å². The lowest BCUT2D eigenvalue weighted by Crippen LogP contribution is -2.14. The Morgan fingerprint density at radius 2 is 2.00 bits per heavy atom. The minimum absolute atomic E-state index is 0.123. The molecular formula is C12H8F3NO2. The number of aryl methyl sites for hydroxylation is 1. The van der Waals surface area contributed by atoms with Crippen molar-refractivity contribution in [1.82, 2.24) is 4.98 Å². The molecule has 0 bridgehead atoms. The maximum Gasteiger partial charge on any atom is 0.417 e. The molecule has 0 aliphatic heterocycles. The number of fused-ring (bicyclic) bond motifs is 1. The van der Waals surface area contributed by atoms with E-state index in [2.05, 4.69) is 4.98 Å². The van der Waals surface area contributed by atoms with Crippen molar-refractivity contribution in [2.75, 3.05) is 0 Å². The Bertz CT molecular complexity index is 635. The first-order valence-corrected chi connectivity index (χ1v) is 5.00. The molecule has 1 heterocycles. The van der Waals surface area contributed by atoms with E-state index in [1.807, 2.05) is 0 Å². The Balaban J connectivity index is 2.93. The molecule has 1 aromatic heterocycles. The molecule has 2 aromatic rings. The number of nitrogens with zero attached hydrogens (tertiary/aromatic N) is 1. The lowest BCUT2D eigenvalue weighted by molar-refractivity contribution is -0.136. The van der Waals surface area contributed by atoms with E-state index in [1.165, 1.54) is 12.1 Å². The van der Waals surface area contributed by atoms with Crippen LogP contribution >= 0.6 is 0 Å². The van der Waals surface area contributed by atoms with Crippen LogP contribution in [0, 0.1) is 6.92 Å². The van der Waals surface area contributed by atoms with Crippen molar-refractivity contribution in [3.05, 3.63) is 41.1 Å². The number of aromatic nitrogens is 1. The number of benzene rings is 1. The van der Waals surface area contributed by atoms with Crippen molar-refractivity contribution in [3.8, 4) is 0 Å². The number of carbonyl (C=O) groups is 1. The van der Waals surface area contributed by atoms with Crippen LogP contribution in [0.2, 0.25) is 0 Å². The monoisotopic (exact) mass is 255 g/mol. The number of aromatic carboxylic acids is 1.